The Hall–Kier alpha value is -1.45. The van der Waals surface area contributed by atoms with Gasteiger partial charge in [-0.2, -0.15) is 0 Å². The van der Waals surface area contributed by atoms with Crippen LogP contribution < -0.4 is 11.1 Å². The molecule has 1 unspecified atom stereocenters. The van der Waals surface area contributed by atoms with Crippen molar-refractivity contribution in [3.05, 3.63) is 24.0 Å². The highest BCUT2D eigenvalue weighted by Crippen LogP contribution is 2.23. The highest BCUT2D eigenvalue weighted by atomic mass is 16.2. The van der Waals surface area contributed by atoms with E-state index in [-0.39, 0.29) is 6.03 Å². The van der Waals surface area contributed by atoms with Gasteiger partial charge < -0.3 is 16.0 Å². The molecule has 12 heavy (non-hydrogen) atoms. The van der Waals surface area contributed by atoms with Crippen LogP contribution in [0.5, 0.6) is 0 Å². The van der Waals surface area contributed by atoms with Crippen molar-refractivity contribution in [3.63, 3.8) is 0 Å². The van der Waals surface area contributed by atoms with Gasteiger partial charge in [-0.1, -0.05) is 0 Å². The van der Waals surface area contributed by atoms with Gasteiger partial charge in [0.05, 0.1) is 0 Å². The predicted octanol–water partition coefficient (Wildman–Crippen LogP) is -0.00230. The fourth-order valence-corrected chi connectivity index (χ4v) is 1.56. The Balaban J connectivity index is 2.17. The van der Waals surface area contributed by atoms with Crippen molar-refractivity contribution in [2.24, 2.45) is 11.7 Å². The number of fused-ring (bicyclic) bond motifs is 1. The molecule has 2 heterocycles. The molecule has 0 fully saturated rings. The summed E-state index contributed by atoms with van der Waals surface area (Å²) in [7, 11) is 0. The second-order valence-corrected chi connectivity index (χ2v) is 3.06. The molecule has 0 aromatic rings. The first-order chi connectivity index (χ1) is 5.77. The van der Waals surface area contributed by atoms with E-state index in [0.29, 0.717) is 12.5 Å². The largest absolute Gasteiger partial charge is 0.390 e. The lowest BCUT2D eigenvalue weighted by Crippen LogP contribution is -2.33. The standard InChI is InChI=1S/C8H11N3O/c9-8(12)11-4-6-1-2-10-3-7(6)5-11/h1-2,4,7,10H,3,5H2,(H2,9,12). The van der Waals surface area contributed by atoms with E-state index in [2.05, 4.69) is 5.32 Å². The number of nitrogens with zero attached hydrogens (tertiary/aromatic N) is 1. The highest BCUT2D eigenvalue weighted by molar-refractivity contribution is 5.74. The van der Waals surface area contributed by atoms with Gasteiger partial charge >= 0.3 is 6.03 Å². The molecule has 0 bridgehead atoms. The number of carbonyl (C=O) groups excluding carboxylic acids is 1. The van der Waals surface area contributed by atoms with Crippen LogP contribution in [0.2, 0.25) is 0 Å². The minimum Gasteiger partial charge on any atom is -0.390 e. The van der Waals surface area contributed by atoms with Gasteiger partial charge in [0, 0.05) is 25.2 Å². The van der Waals surface area contributed by atoms with Crippen LogP contribution in [0.25, 0.3) is 0 Å². The maximum Gasteiger partial charge on any atom is 0.318 e. The lowest BCUT2D eigenvalue weighted by molar-refractivity contribution is 0.224. The van der Waals surface area contributed by atoms with E-state index in [1.807, 2.05) is 18.5 Å². The number of amides is 2. The summed E-state index contributed by atoms with van der Waals surface area (Å²) in [4.78, 5) is 12.4. The molecule has 1 atom stereocenters. The molecule has 4 nitrogen and oxygen atoms in total. The Labute approximate surface area is 70.7 Å². The van der Waals surface area contributed by atoms with Crippen LogP contribution >= 0.6 is 0 Å². The van der Waals surface area contributed by atoms with E-state index >= 15 is 0 Å². The fraction of sp³-hybridized carbons (Fsp3) is 0.375. The molecule has 3 N–H and O–H groups in total. The van der Waals surface area contributed by atoms with Crippen molar-refractivity contribution >= 4 is 6.03 Å². The Morgan fingerprint density at radius 1 is 1.75 bits per heavy atom. The summed E-state index contributed by atoms with van der Waals surface area (Å²) >= 11 is 0. The zero-order valence-electron chi connectivity index (χ0n) is 6.66. The maximum atomic E-state index is 10.8. The minimum absolute atomic E-state index is 0.370. The van der Waals surface area contributed by atoms with E-state index < -0.39 is 0 Å². The molecule has 4 heteroatoms. The van der Waals surface area contributed by atoms with Crippen LogP contribution in [-0.4, -0.2) is 24.0 Å². The molecule has 2 rings (SSSR count). The van der Waals surface area contributed by atoms with Gasteiger partial charge in [-0.05, 0) is 17.8 Å². The Morgan fingerprint density at radius 2 is 2.58 bits per heavy atom. The van der Waals surface area contributed by atoms with Crippen molar-refractivity contribution < 1.29 is 4.79 Å². The van der Waals surface area contributed by atoms with Gasteiger partial charge in [0.1, 0.15) is 0 Å². The van der Waals surface area contributed by atoms with Gasteiger partial charge in [0.25, 0.3) is 0 Å². The third-order valence-electron chi connectivity index (χ3n) is 2.23. The third kappa shape index (κ3) is 1.05. The molecule has 0 aromatic carbocycles. The SMILES string of the molecule is NC(=O)N1C=C2C=CNCC2C1. The van der Waals surface area contributed by atoms with Gasteiger partial charge in [-0.3, -0.25) is 0 Å². The number of urea groups is 1. The smallest absolute Gasteiger partial charge is 0.318 e. The number of carbonyl (C=O) groups is 1. The molecule has 64 valence electrons. The quantitative estimate of drug-likeness (QED) is 0.530. The molecule has 0 aromatic heterocycles. The van der Waals surface area contributed by atoms with E-state index in [9.17, 15) is 4.79 Å². The van der Waals surface area contributed by atoms with E-state index in [0.717, 1.165) is 6.54 Å². The maximum absolute atomic E-state index is 10.8. The second kappa shape index (κ2) is 2.55. The van der Waals surface area contributed by atoms with Crippen molar-refractivity contribution in [2.75, 3.05) is 13.1 Å². The van der Waals surface area contributed by atoms with Gasteiger partial charge in [0.15, 0.2) is 0 Å². The molecule has 2 aliphatic heterocycles. The summed E-state index contributed by atoms with van der Waals surface area (Å²) in [6.45, 7) is 1.61. The van der Waals surface area contributed by atoms with Crippen LogP contribution in [0.15, 0.2) is 24.0 Å². The summed E-state index contributed by atoms with van der Waals surface area (Å²) in [5.41, 5.74) is 6.34. The van der Waals surface area contributed by atoms with E-state index in [1.54, 1.807) is 4.90 Å². The molecule has 0 radical (unpaired) electrons. The van der Waals surface area contributed by atoms with Crippen LogP contribution in [0, 0.1) is 5.92 Å². The fourth-order valence-electron chi connectivity index (χ4n) is 1.56. The van der Waals surface area contributed by atoms with Crippen molar-refractivity contribution in [1.82, 2.24) is 10.2 Å². The lowest BCUT2D eigenvalue weighted by atomic mass is 10.0. The summed E-state index contributed by atoms with van der Waals surface area (Å²) in [6.07, 6.45) is 5.70. The number of allylic oxidation sites excluding steroid dienone is 1. The van der Waals surface area contributed by atoms with E-state index in [4.69, 9.17) is 5.73 Å². The first-order valence-corrected chi connectivity index (χ1v) is 3.95. The molecule has 0 saturated carbocycles. The number of hydrogen-bond acceptors (Lipinski definition) is 2. The average molecular weight is 165 g/mol. The number of nitrogens with two attached hydrogens (primary N) is 1. The number of hydrogen-bond donors (Lipinski definition) is 2. The zero-order valence-corrected chi connectivity index (χ0v) is 6.66. The monoisotopic (exact) mass is 165 g/mol. The number of rotatable bonds is 0. The highest BCUT2D eigenvalue weighted by Gasteiger charge is 2.26. The molecular formula is C8H11N3O. The summed E-state index contributed by atoms with van der Waals surface area (Å²) in [5.74, 6) is 0.419. The van der Waals surface area contributed by atoms with Gasteiger partial charge in [-0.15, -0.1) is 0 Å². The zero-order chi connectivity index (χ0) is 8.55. The van der Waals surface area contributed by atoms with Crippen LogP contribution in [0.3, 0.4) is 0 Å². The average Bonchev–Trinajstić information content (AvgIpc) is 2.46. The minimum atomic E-state index is -0.370. The van der Waals surface area contributed by atoms with Gasteiger partial charge in [-0.25, -0.2) is 4.79 Å². The Bertz CT molecular complexity index is 269. The summed E-state index contributed by atoms with van der Waals surface area (Å²) in [6, 6.07) is -0.370. The topological polar surface area (TPSA) is 58.4 Å². The molecule has 0 aliphatic carbocycles. The first-order valence-electron chi connectivity index (χ1n) is 3.95. The van der Waals surface area contributed by atoms with Crippen molar-refractivity contribution in [1.29, 1.82) is 0 Å². The van der Waals surface area contributed by atoms with E-state index in [1.165, 1.54) is 5.57 Å². The summed E-state index contributed by atoms with van der Waals surface area (Å²) < 4.78 is 0. The molecular weight excluding hydrogens is 154 g/mol. The third-order valence-corrected chi connectivity index (χ3v) is 2.23. The summed E-state index contributed by atoms with van der Waals surface area (Å²) in [5, 5.41) is 3.12. The predicted molar refractivity (Wildman–Crippen MR) is 45.0 cm³/mol. The molecule has 0 saturated heterocycles. The van der Waals surface area contributed by atoms with Crippen LogP contribution in [0.4, 0.5) is 4.79 Å². The number of primary amides is 1. The number of nitrogens with one attached hydrogen (secondary N) is 1. The lowest BCUT2D eigenvalue weighted by Gasteiger charge is -2.17. The second-order valence-electron chi connectivity index (χ2n) is 3.06. The molecule has 2 amide bonds. The Kier molecular flexibility index (Phi) is 1.53. The molecule has 0 spiro atoms. The normalized spacial score (nSPS) is 26.2. The molecule has 2 aliphatic rings. The van der Waals surface area contributed by atoms with Crippen molar-refractivity contribution in [3.8, 4) is 0 Å². The first kappa shape index (κ1) is 7.21. The van der Waals surface area contributed by atoms with Crippen molar-refractivity contribution in [2.45, 2.75) is 0 Å². The van der Waals surface area contributed by atoms with Crippen LogP contribution in [0.1, 0.15) is 0 Å². The van der Waals surface area contributed by atoms with Crippen LogP contribution in [-0.2, 0) is 0 Å². The van der Waals surface area contributed by atoms with Gasteiger partial charge in [0.2, 0.25) is 0 Å². The Morgan fingerprint density at radius 3 is 3.25 bits per heavy atom.